The minimum atomic E-state index is -3.79. The van der Waals surface area contributed by atoms with Crippen molar-refractivity contribution in [3.8, 4) is 0 Å². The fourth-order valence-corrected chi connectivity index (χ4v) is 6.51. The molecule has 0 aromatic heterocycles. The number of benzene rings is 2. The molecule has 0 saturated heterocycles. The van der Waals surface area contributed by atoms with Crippen molar-refractivity contribution < 1.29 is 13.5 Å². The van der Waals surface area contributed by atoms with Crippen molar-refractivity contribution in [2.75, 3.05) is 20.1 Å². The number of aliphatic hydroxyl groups excluding tert-OH is 1. The molecule has 2 aromatic rings. The Morgan fingerprint density at radius 3 is 2.42 bits per heavy atom. The van der Waals surface area contributed by atoms with Gasteiger partial charge in [0.15, 0.2) is 0 Å². The van der Waals surface area contributed by atoms with Crippen LogP contribution in [0.1, 0.15) is 31.4 Å². The second kappa shape index (κ2) is 9.89. The van der Waals surface area contributed by atoms with E-state index in [1.807, 2.05) is 0 Å². The summed E-state index contributed by atoms with van der Waals surface area (Å²) in [6.45, 7) is 4.54. The highest BCUT2D eigenvalue weighted by atomic mass is 79.9. The maximum atomic E-state index is 12.8. The molecule has 0 spiro atoms. The number of halogens is 2. The van der Waals surface area contributed by atoms with Gasteiger partial charge >= 0.3 is 0 Å². The summed E-state index contributed by atoms with van der Waals surface area (Å²) in [6, 6.07) is 13.2. The van der Waals surface area contributed by atoms with Crippen molar-refractivity contribution in [3.63, 3.8) is 0 Å². The smallest absolute Gasteiger partial charge is 0.244 e. The molecule has 8 heteroatoms. The van der Waals surface area contributed by atoms with Gasteiger partial charge in [0, 0.05) is 30.1 Å². The number of aliphatic hydroxyl groups is 1. The molecule has 1 aliphatic carbocycles. The second-order valence-corrected chi connectivity index (χ2v) is 12.4. The third-order valence-corrected chi connectivity index (χ3v) is 8.60. The van der Waals surface area contributed by atoms with Crippen LogP contribution >= 0.6 is 27.5 Å². The number of fused-ring (bicyclic) bond motifs is 1. The van der Waals surface area contributed by atoms with E-state index < -0.39 is 16.1 Å². The Balaban J connectivity index is 1.52. The number of nitrogens with one attached hydrogen (secondary N) is 1. The van der Waals surface area contributed by atoms with E-state index >= 15 is 0 Å². The summed E-state index contributed by atoms with van der Waals surface area (Å²) in [4.78, 5) is 0.0288. The molecule has 0 aliphatic heterocycles. The Morgan fingerprint density at radius 2 is 1.84 bits per heavy atom. The van der Waals surface area contributed by atoms with Crippen molar-refractivity contribution in [1.29, 1.82) is 0 Å². The Hall–Kier alpha value is -0.960. The maximum absolute atomic E-state index is 12.8. The number of β-amino-alcohol motifs (C(OH)–C–C–N with tert-alkyl or cyclic N) is 1. The van der Waals surface area contributed by atoms with Crippen LogP contribution in [0.15, 0.2) is 51.8 Å². The fourth-order valence-electron chi connectivity index (χ4n) is 4.29. The molecule has 170 valence electrons. The normalized spacial score (nSPS) is 16.0. The monoisotopic (exact) mass is 528 g/mol. The highest BCUT2D eigenvalue weighted by Gasteiger charge is 2.30. The number of likely N-dealkylation sites (N-methyl/N-ethyl adjacent to an activating group) is 1. The van der Waals surface area contributed by atoms with Crippen molar-refractivity contribution >= 4 is 37.6 Å². The zero-order chi connectivity index (χ0) is 22.8. The molecular formula is C23H30BrClN2O3S. The fraction of sp³-hybridized carbons (Fsp3) is 0.478. The molecule has 1 aliphatic rings. The molecule has 3 rings (SSSR count). The van der Waals surface area contributed by atoms with Crippen LogP contribution in [-0.2, 0) is 22.9 Å². The molecule has 0 fully saturated rings. The topological polar surface area (TPSA) is 69.6 Å². The molecule has 0 saturated carbocycles. The zero-order valence-corrected chi connectivity index (χ0v) is 21.3. The van der Waals surface area contributed by atoms with Gasteiger partial charge in [-0.15, -0.1) is 0 Å². The van der Waals surface area contributed by atoms with Gasteiger partial charge in [-0.1, -0.05) is 51.8 Å². The minimum Gasteiger partial charge on any atom is -0.390 e. The van der Waals surface area contributed by atoms with Gasteiger partial charge in [0.05, 0.1) is 11.1 Å². The Labute approximate surface area is 199 Å². The Kier molecular flexibility index (Phi) is 7.88. The van der Waals surface area contributed by atoms with Crippen LogP contribution in [0.3, 0.4) is 0 Å². The van der Waals surface area contributed by atoms with E-state index in [9.17, 15) is 13.5 Å². The summed E-state index contributed by atoms with van der Waals surface area (Å²) in [5.74, 6) is 0.569. The quantitative estimate of drug-likeness (QED) is 0.509. The molecule has 2 aromatic carbocycles. The van der Waals surface area contributed by atoms with Crippen molar-refractivity contribution in [3.05, 3.63) is 63.1 Å². The van der Waals surface area contributed by atoms with Crippen LogP contribution < -0.4 is 5.32 Å². The molecule has 0 unspecified atom stereocenters. The number of hydrogen-bond donors (Lipinski definition) is 2. The summed E-state index contributed by atoms with van der Waals surface area (Å²) < 4.78 is 27.5. The standard InChI is InChI=1S/C23H30BrClN2O3S/c1-23(2,13-16-10-17-6-4-5-7-18(17)11-16)26-14-20(28)15-27(3)31(29,30)22-9-8-19(24)12-21(22)25/h4-9,12,16,20,26,28H,10-11,13-15H2,1-3H3/t20-/m1/s1. The molecule has 31 heavy (non-hydrogen) atoms. The molecule has 1 atom stereocenters. The van der Waals surface area contributed by atoms with E-state index in [0.29, 0.717) is 16.9 Å². The van der Waals surface area contributed by atoms with Gasteiger partial charge < -0.3 is 10.4 Å². The van der Waals surface area contributed by atoms with Gasteiger partial charge in [0.2, 0.25) is 10.0 Å². The molecule has 0 heterocycles. The zero-order valence-electron chi connectivity index (χ0n) is 18.1. The van der Waals surface area contributed by atoms with E-state index in [2.05, 4.69) is 59.4 Å². The minimum absolute atomic E-state index is 0.0212. The van der Waals surface area contributed by atoms with E-state index in [1.165, 1.54) is 24.2 Å². The Bertz CT molecular complexity index is 1000. The third kappa shape index (κ3) is 6.30. The SMILES string of the molecule is CN(C[C@H](O)CNC(C)(C)CC1Cc2ccccc2C1)S(=O)(=O)c1ccc(Br)cc1Cl. The van der Waals surface area contributed by atoms with E-state index in [-0.39, 0.29) is 22.0 Å². The van der Waals surface area contributed by atoms with Crippen LogP contribution in [0, 0.1) is 5.92 Å². The number of rotatable bonds is 9. The average molecular weight is 530 g/mol. The number of hydrogen-bond acceptors (Lipinski definition) is 4. The van der Waals surface area contributed by atoms with E-state index in [1.54, 1.807) is 12.1 Å². The van der Waals surface area contributed by atoms with Crippen LogP contribution in [0.25, 0.3) is 0 Å². The first-order chi connectivity index (χ1) is 14.5. The van der Waals surface area contributed by atoms with Gasteiger partial charge in [0.25, 0.3) is 0 Å². The first-order valence-corrected chi connectivity index (χ1v) is 13.0. The lowest BCUT2D eigenvalue weighted by atomic mass is 9.88. The van der Waals surface area contributed by atoms with Gasteiger partial charge in [0.1, 0.15) is 4.90 Å². The number of nitrogens with zero attached hydrogens (tertiary/aromatic N) is 1. The van der Waals surface area contributed by atoms with Gasteiger partial charge in [-0.25, -0.2) is 8.42 Å². The summed E-state index contributed by atoms with van der Waals surface area (Å²) in [7, 11) is -2.34. The molecule has 2 N–H and O–H groups in total. The van der Waals surface area contributed by atoms with E-state index in [4.69, 9.17) is 11.6 Å². The first kappa shape index (κ1) is 24.7. The lowest BCUT2D eigenvalue weighted by Crippen LogP contribution is -2.47. The second-order valence-electron chi connectivity index (χ2n) is 9.03. The van der Waals surface area contributed by atoms with Gasteiger partial charge in [-0.2, -0.15) is 4.31 Å². The number of sulfonamides is 1. The van der Waals surface area contributed by atoms with Gasteiger partial charge in [-0.3, -0.25) is 0 Å². The lowest BCUT2D eigenvalue weighted by molar-refractivity contribution is 0.135. The molecule has 0 bridgehead atoms. The van der Waals surface area contributed by atoms with Crippen molar-refractivity contribution in [1.82, 2.24) is 9.62 Å². The highest BCUT2D eigenvalue weighted by molar-refractivity contribution is 9.10. The summed E-state index contributed by atoms with van der Waals surface area (Å²) >= 11 is 9.40. The first-order valence-electron chi connectivity index (χ1n) is 10.4. The summed E-state index contributed by atoms with van der Waals surface area (Å²) in [5, 5.41) is 14.1. The van der Waals surface area contributed by atoms with Crippen molar-refractivity contribution in [2.24, 2.45) is 5.92 Å². The molecule has 0 radical (unpaired) electrons. The van der Waals surface area contributed by atoms with Crippen molar-refractivity contribution in [2.45, 2.75) is 49.6 Å². The Morgan fingerprint density at radius 1 is 1.23 bits per heavy atom. The largest absolute Gasteiger partial charge is 0.390 e. The van der Waals surface area contributed by atoms with E-state index in [0.717, 1.165) is 23.6 Å². The maximum Gasteiger partial charge on any atom is 0.244 e. The highest BCUT2D eigenvalue weighted by Crippen LogP contribution is 2.32. The van der Waals surface area contributed by atoms with Gasteiger partial charge in [-0.05, 0) is 68.4 Å². The average Bonchev–Trinajstić information content (AvgIpc) is 3.07. The van der Waals surface area contributed by atoms with Crippen LogP contribution in [0.4, 0.5) is 0 Å². The van der Waals surface area contributed by atoms with Crippen LogP contribution in [-0.4, -0.2) is 49.6 Å². The lowest BCUT2D eigenvalue weighted by Gasteiger charge is -2.31. The predicted octanol–water partition coefficient (Wildman–Crippen LogP) is 4.26. The van der Waals surface area contributed by atoms with Crippen LogP contribution in [0.2, 0.25) is 5.02 Å². The molecule has 0 amide bonds. The summed E-state index contributed by atoms with van der Waals surface area (Å²) in [6.07, 6.45) is 2.31. The predicted molar refractivity (Wildman–Crippen MR) is 129 cm³/mol. The summed E-state index contributed by atoms with van der Waals surface area (Å²) in [5.41, 5.74) is 2.70. The molecular weight excluding hydrogens is 500 g/mol. The third-order valence-electron chi connectivity index (χ3n) is 5.80. The van der Waals surface area contributed by atoms with Crippen LogP contribution in [0.5, 0.6) is 0 Å². The molecule has 5 nitrogen and oxygen atoms in total.